The Labute approximate surface area is 108 Å². The molecule has 4 heteroatoms. The molecule has 0 spiro atoms. The molecule has 1 aromatic rings. The van der Waals surface area contributed by atoms with Gasteiger partial charge in [0.05, 0.1) is 12.2 Å². The highest BCUT2D eigenvalue weighted by Gasteiger charge is 2.42. The van der Waals surface area contributed by atoms with Crippen molar-refractivity contribution in [1.82, 2.24) is 0 Å². The Morgan fingerprint density at radius 1 is 1.39 bits per heavy atom. The summed E-state index contributed by atoms with van der Waals surface area (Å²) in [6, 6.07) is 6.01. The third kappa shape index (κ3) is 2.20. The number of ether oxygens (including phenoxy) is 1. The summed E-state index contributed by atoms with van der Waals surface area (Å²) in [5.41, 5.74) is 8.24. The second-order valence-corrected chi connectivity index (χ2v) is 5.18. The number of nitrogens with two attached hydrogens (primary N) is 1. The minimum absolute atomic E-state index is 0.275. The van der Waals surface area contributed by atoms with E-state index < -0.39 is 5.60 Å². The number of carbonyl (C=O) groups excluding carboxylic acids is 1. The number of para-hydroxylation sites is 1. The van der Waals surface area contributed by atoms with Gasteiger partial charge in [-0.2, -0.15) is 0 Å². The Morgan fingerprint density at radius 2 is 2.00 bits per heavy atom. The predicted molar refractivity (Wildman–Crippen MR) is 71.8 cm³/mol. The zero-order valence-corrected chi connectivity index (χ0v) is 11.2. The number of benzene rings is 1. The first-order chi connectivity index (χ1) is 8.47. The number of cyclic esters (lactones) is 1. The van der Waals surface area contributed by atoms with E-state index in [9.17, 15) is 4.79 Å². The summed E-state index contributed by atoms with van der Waals surface area (Å²) >= 11 is 0. The maximum atomic E-state index is 12.0. The second kappa shape index (κ2) is 4.61. The van der Waals surface area contributed by atoms with Crippen molar-refractivity contribution in [3.63, 3.8) is 0 Å². The quantitative estimate of drug-likeness (QED) is 0.893. The van der Waals surface area contributed by atoms with E-state index in [0.717, 1.165) is 16.8 Å². The summed E-state index contributed by atoms with van der Waals surface area (Å²) in [5, 5.41) is 0. The van der Waals surface area contributed by atoms with E-state index in [1.165, 1.54) is 0 Å². The van der Waals surface area contributed by atoms with Crippen LogP contribution in [0.4, 0.5) is 10.5 Å². The third-order valence-corrected chi connectivity index (χ3v) is 3.43. The van der Waals surface area contributed by atoms with Crippen molar-refractivity contribution in [1.29, 1.82) is 0 Å². The smallest absolute Gasteiger partial charge is 0.415 e. The lowest BCUT2D eigenvalue weighted by atomic mass is 10.0. The van der Waals surface area contributed by atoms with Gasteiger partial charge in [-0.05, 0) is 38.4 Å². The van der Waals surface area contributed by atoms with Crippen molar-refractivity contribution < 1.29 is 9.53 Å². The van der Waals surface area contributed by atoms with Gasteiger partial charge >= 0.3 is 6.09 Å². The number of hydrogen-bond acceptors (Lipinski definition) is 3. The topological polar surface area (TPSA) is 55.6 Å². The molecule has 1 aliphatic heterocycles. The van der Waals surface area contributed by atoms with Gasteiger partial charge in [0.2, 0.25) is 0 Å². The molecular weight excluding hydrogens is 228 g/mol. The molecule has 1 aliphatic rings. The number of rotatable bonds is 3. The Morgan fingerprint density at radius 3 is 2.56 bits per heavy atom. The van der Waals surface area contributed by atoms with Gasteiger partial charge in [-0.1, -0.05) is 18.2 Å². The number of amides is 1. The average molecular weight is 248 g/mol. The molecule has 0 bridgehead atoms. The molecular formula is C14H20N2O2. The maximum absolute atomic E-state index is 12.0. The Bertz CT molecular complexity index is 453. The summed E-state index contributed by atoms with van der Waals surface area (Å²) < 4.78 is 5.47. The molecule has 0 saturated carbocycles. The van der Waals surface area contributed by atoms with Crippen LogP contribution in [-0.4, -0.2) is 24.8 Å². The fraction of sp³-hybridized carbons (Fsp3) is 0.500. The molecule has 0 aromatic heterocycles. The Kier molecular flexibility index (Phi) is 3.30. The first-order valence-corrected chi connectivity index (χ1v) is 6.24. The van der Waals surface area contributed by atoms with E-state index in [1.54, 1.807) is 4.90 Å². The molecule has 18 heavy (non-hydrogen) atoms. The van der Waals surface area contributed by atoms with E-state index in [0.29, 0.717) is 19.5 Å². The first kappa shape index (κ1) is 12.9. The zero-order valence-electron chi connectivity index (χ0n) is 11.2. The fourth-order valence-electron chi connectivity index (χ4n) is 2.53. The maximum Gasteiger partial charge on any atom is 0.415 e. The number of nitrogens with zero attached hydrogens (tertiary/aromatic N) is 1. The van der Waals surface area contributed by atoms with Crippen molar-refractivity contribution in [2.24, 2.45) is 5.73 Å². The Hall–Kier alpha value is -1.55. The van der Waals surface area contributed by atoms with Crippen molar-refractivity contribution in [3.8, 4) is 0 Å². The number of carbonyl (C=O) groups is 1. The molecule has 0 radical (unpaired) electrons. The molecule has 1 atom stereocenters. The van der Waals surface area contributed by atoms with Crippen LogP contribution >= 0.6 is 0 Å². The summed E-state index contributed by atoms with van der Waals surface area (Å²) in [4.78, 5) is 13.8. The van der Waals surface area contributed by atoms with Crippen LogP contribution in [0.1, 0.15) is 24.5 Å². The molecule has 2 N–H and O–H groups in total. The van der Waals surface area contributed by atoms with Gasteiger partial charge < -0.3 is 10.5 Å². The summed E-state index contributed by atoms with van der Waals surface area (Å²) in [6.45, 7) is 7.03. The lowest BCUT2D eigenvalue weighted by molar-refractivity contribution is 0.0672. The zero-order chi connectivity index (χ0) is 13.3. The van der Waals surface area contributed by atoms with Crippen LogP contribution in [0.3, 0.4) is 0 Å². The van der Waals surface area contributed by atoms with Gasteiger partial charge in [0.15, 0.2) is 0 Å². The predicted octanol–water partition coefficient (Wildman–Crippen LogP) is 2.37. The van der Waals surface area contributed by atoms with Crippen LogP contribution in [0.2, 0.25) is 0 Å². The van der Waals surface area contributed by atoms with Crippen LogP contribution in [0.5, 0.6) is 0 Å². The molecule has 1 aromatic carbocycles. The fourth-order valence-corrected chi connectivity index (χ4v) is 2.53. The largest absolute Gasteiger partial charge is 0.441 e. The van der Waals surface area contributed by atoms with Crippen molar-refractivity contribution in [2.75, 3.05) is 18.0 Å². The molecule has 98 valence electrons. The van der Waals surface area contributed by atoms with E-state index in [-0.39, 0.29) is 6.09 Å². The molecule has 2 rings (SSSR count). The standard InChI is InChI=1S/C14H20N2O2/c1-10-5-4-6-11(2)12(10)16-9-14(3,7-8-15)18-13(16)17/h4-6H,7-9,15H2,1-3H3. The van der Waals surface area contributed by atoms with Gasteiger partial charge in [0.1, 0.15) is 5.60 Å². The molecule has 4 nitrogen and oxygen atoms in total. The lowest BCUT2D eigenvalue weighted by Gasteiger charge is -2.22. The van der Waals surface area contributed by atoms with Crippen LogP contribution in [-0.2, 0) is 4.74 Å². The van der Waals surface area contributed by atoms with Crippen LogP contribution in [0, 0.1) is 13.8 Å². The number of hydrogen-bond donors (Lipinski definition) is 1. The normalized spacial score (nSPS) is 23.3. The van der Waals surface area contributed by atoms with E-state index >= 15 is 0 Å². The summed E-state index contributed by atoms with van der Waals surface area (Å²) in [7, 11) is 0. The highest BCUT2D eigenvalue weighted by atomic mass is 16.6. The number of anilines is 1. The molecule has 1 amide bonds. The minimum Gasteiger partial charge on any atom is -0.441 e. The van der Waals surface area contributed by atoms with Gasteiger partial charge in [-0.3, -0.25) is 4.90 Å². The summed E-state index contributed by atoms with van der Waals surface area (Å²) in [6.07, 6.45) is 0.406. The molecule has 1 saturated heterocycles. The van der Waals surface area contributed by atoms with Gasteiger partial charge in [0, 0.05) is 6.42 Å². The molecule has 1 unspecified atom stereocenters. The first-order valence-electron chi connectivity index (χ1n) is 6.24. The highest BCUT2D eigenvalue weighted by molar-refractivity contribution is 5.92. The molecule has 1 fully saturated rings. The third-order valence-electron chi connectivity index (χ3n) is 3.43. The minimum atomic E-state index is -0.472. The van der Waals surface area contributed by atoms with E-state index in [2.05, 4.69) is 0 Å². The highest BCUT2D eigenvalue weighted by Crippen LogP contribution is 2.33. The Balaban J connectivity index is 2.33. The van der Waals surface area contributed by atoms with Crippen molar-refractivity contribution >= 4 is 11.8 Å². The van der Waals surface area contributed by atoms with E-state index in [4.69, 9.17) is 10.5 Å². The second-order valence-electron chi connectivity index (χ2n) is 5.18. The van der Waals surface area contributed by atoms with Crippen molar-refractivity contribution in [2.45, 2.75) is 32.8 Å². The van der Waals surface area contributed by atoms with Gasteiger partial charge in [-0.25, -0.2) is 4.79 Å². The lowest BCUT2D eigenvalue weighted by Crippen LogP contribution is -2.34. The van der Waals surface area contributed by atoms with Crippen LogP contribution in [0.15, 0.2) is 18.2 Å². The van der Waals surface area contributed by atoms with Crippen molar-refractivity contribution in [3.05, 3.63) is 29.3 Å². The van der Waals surface area contributed by atoms with Crippen LogP contribution in [0.25, 0.3) is 0 Å². The molecule has 0 aliphatic carbocycles. The monoisotopic (exact) mass is 248 g/mol. The van der Waals surface area contributed by atoms with E-state index in [1.807, 2.05) is 39.0 Å². The van der Waals surface area contributed by atoms with Crippen LogP contribution < -0.4 is 10.6 Å². The number of aryl methyl sites for hydroxylation is 2. The summed E-state index contributed by atoms with van der Waals surface area (Å²) in [5.74, 6) is 0. The molecule has 1 heterocycles. The van der Waals surface area contributed by atoms with Gasteiger partial charge in [-0.15, -0.1) is 0 Å². The van der Waals surface area contributed by atoms with Gasteiger partial charge in [0.25, 0.3) is 0 Å². The SMILES string of the molecule is Cc1cccc(C)c1N1CC(C)(CCN)OC1=O. The average Bonchev–Trinajstić information content (AvgIpc) is 2.54.